The lowest BCUT2D eigenvalue weighted by molar-refractivity contribution is -0.127. The maximum absolute atomic E-state index is 11.5. The fourth-order valence-corrected chi connectivity index (χ4v) is 12.2. The van der Waals surface area contributed by atoms with E-state index in [0.717, 1.165) is 74.0 Å². The number of hydrogen-bond acceptors (Lipinski definition) is 3. The van der Waals surface area contributed by atoms with Gasteiger partial charge in [0, 0.05) is 35.5 Å². The molecule has 5 saturated carbocycles. The van der Waals surface area contributed by atoms with Crippen LogP contribution in [-0.2, 0) is 27.2 Å². The van der Waals surface area contributed by atoms with Gasteiger partial charge in [-0.05, 0) is 117 Å². The Morgan fingerprint density at radius 3 is 0.803 bits per heavy atom. The third-order valence-electron chi connectivity index (χ3n) is 15.7. The average Bonchev–Trinajstić information content (AvgIpc) is 3.72. The number of benzene rings is 1. The summed E-state index contributed by atoms with van der Waals surface area (Å²) < 4.78 is 0. The lowest BCUT2D eigenvalue weighted by Crippen LogP contribution is -2.21. The van der Waals surface area contributed by atoms with Crippen LogP contribution in [0.25, 0.3) is 0 Å². The molecule has 0 radical (unpaired) electrons. The van der Waals surface area contributed by atoms with E-state index in [1.54, 1.807) is 11.1 Å². The van der Waals surface area contributed by atoms with Crippen molar-refractivity contribution in [3.05, 3.63) is 35.4 Å². The van der Waals surface area contributed by atoms with Crippen molar-refractivity contribution in [1.29, 1.82) is 0 Å². The zero-order chi connectivity index (χ0) is 48.9. The van der Waals surface area contributed by atoms with Gasteiger partial charge >= 0.3 is 0 Å². The van der Waals surface area contributed by atoms with Crippen LogP contribution in [0.4, 0.5) is 0 Å². The highest BCUT2D eigenvalue weighted by atomic mass is 16.1. The molecule has 0 N–H and O–H groups in total. The second kappa shape index (κ2) is 35.3. The molecular weight excluding hydrogens is 805 g/mol. The molecule has 382 valence electrons. The van der Waals surface area contributed by atoms with E-state index in [4.69, 9.17) is 0 Å². The molecule has 3 heteroatoms. The lowest BCUT2D eigenvalue weighted by atomic mass is 9.83. The van der Waals surface area contributed by atoms with Crippen molar-refractivity contribution in [1.82, 2.24) is 0 Å². The van der Waals surface area contributed by atoms with Crippen LogP contribution >= 0.6 is 0 Å². The molecule has 0 aromatic heterocycles. The van der Waals surface area contributed by atoms with Crippen molar-refractivity contribution >= 4 is 17.3 Å². The number of hydrogen-bond donors (Lipinski definition) is 0. The van der Waals surface area contributed by atoms with Gasteiger partial charge in [0.1, 0.15) is 17.3 Å². The molecule has 0 unspecified atom stereocenters. The van der Waals surface area contributed by atoms with Crippen LogP contribution in [0, 0.1) is 71.0 Å². The summed E-state index contributed by atoms with van der Waals surface area (Å²) in [5.74, 6) is 9.19. The summed E-state index contributed by atoms with van der Waals surface area (Å²) in [6.07, 6.45) is 40.5. The summed E-state index contributed by atoms with van der Waals surface area (Å²) in [6, 6.07) is 8.90. The Balaban J connectivity index is 0.000000273. The smallest absolute Gasteiger partial charge is 0.138 e. The van der Waals surface area contributed by atoms with Gasteiger partial charge in [0.15, 0.2) is 0 Å². The average molecular weight is 918 g/mol. The zero-order valence-corrected chi connectivity index (χ0v) is 46.2. The molecule has 5 fully saturated rings. The number of fused-ring (bicyclic) bond motifs is 1. The molecule has 66 heavy (non-hydrogen) atoms. The van der Waals surface area contributed by atoms with Crippen LogP contribution in [0.5, 0.6) is 0 Å². The summed E-state index contributed by atoms with van der Waals surface area (Å²) in [7, 11) is 0. The maximum Gasteiger partial charge on any atom is 0.138 e. The minimum absolute atomic E-state index is 0.248. The number of Topliss-reactive ketones (excluding diaryl/α,β-unsaturated/α-hetero) is 3. The van der Waals surface area contributed by atoms with Gasteiger partial charge in [-0.25, -0.2) is 0 Å². The third-order valence-corrected chi connectivity index (χ3v) is 15.7. The van der Waals surface area contributed by atoms with Gasteiger partial charge in [-0.3, -0.25) is 14.4 Å². The normalized spacial score (nSPS) is 20.2. The highest BCUT2D eigenvalue weighted by Crippen LogP contribution is 2.32. The van der Waals surface area contributed by atoms with Crippen molar-refractivity contribution in [3.63, 3.8) is 0 Å². The molecule has 3 nitrogen and oxygen atoms in total. The Bertz CT molecular complexity index is 1240. The molecule has 0 saturated heterocycles. The second-order valence-corrected chi connectivity index (χ2v) is 24.6. The number of carbonyl (C=O) groups is 3. The fourth-order valence-electron chi connectivity index (χ4n) is 12.2. The largest absolute Gasteiger partial charge is 0.299 e. The first kappa shape index (κ1) is 60.4. The van der Waals surface area contributed by atoms with Crippen LogP contribution in [0.2, 0.25) is 0 Å². The number of ketones is 3. The number of carbonyl (C=O) groups excluding carboxylic acids is 3. The van der Waals surface area contributed by atoms with Crippen molar-refractivity contribution in [3.8, 4) is 0 Å². The zero-order valence-electron chi connectivity index (χ0n) is 46.2. The Morgan fingerprint density at radius 1 is 0.348 bits per heavy atom. The summed E-state index contributed by atoms with van der Waals surface area (Å²) in [5, 5.41) is 0. The first-order valence-corrected chi connectivity index (χ1v) is 29.2. The molecule has 0 spiro atoms. The van der Waals surface area contributed by atoms with E-state index in [1.807, 2.05) is 41.5 Å². The van der Waals surface area contributed by atoms with E-state index < -0.39 is 0 Å². The maximum atomic E-state index is 11.5. The Labute approximate surface area is 412 Å². The van der Waals surface area contributed by atoms with Crippen LogP contribution in [-0.4, -0.2) is 17.3 Å². The molecule has 1 aromatic rings. The SMILES string of the molecule is CC(C)C(=O)C1CCCCC1.CC(C)C(=O)C1CCCCC1.CC(C)C(=O)C1CCCCC1.CC(C)CC1CCCCC1.CC(C)CC1CCCCC1.CC(C)CC1Cc2ccccc2C1. The summed E-state index contributed by atoms with van der Waals surface area (Å²) in [4.78, 5) is 34.5. The van der Waals surface area contributed by atoms with Crippen LogP contribution in [0.1, 0.15) is 274 Å². The molecule has 7 rings (SSSR count). The summed E-state index contributed by atoms with van der Waals surface area (Å²) >= 11 is 0. The van der Waals surface area contributed by atoms with Crippen LogP contribution < -0.4 is 0 Å². The first-order chi connectivity index (χ1) is 31.5. The van der Waals surface area contributed by atoms with E-state index >= 15 is 0 Å². The topological polar surface area (TPSA) is 51.2 Å². The Hall–Kier alpha value is -1.77. The van der Waals surface area contributed by atoms with Crippen molar-refractivity contribution in [2.24, 2.45) is 71.0 Å². The van der Waals surface area contributed by atoms with Crippen molar-refractivity contribution in [2.45, 2.75) is 276 Å². The number of rotatable bonds is 12. The second-order valence-electron chi connectivity index (χ2n) is 24.6. The van der Waals surface area contributed by atoms with Gasteiger partial charge in [-0.2, -0.15) is 0 Å². The van der Waals surface area contributed by atoms with Crippen molar-refractivity contribution < 1.29 is 14.4 Å². The molecule has 0 heterocycles. The van der Waals surface area contributed by atoms with E-state index in [1.165, 1.54) is 154 Å². The molecule has 0 atom stereocenters. The third kappa shape index (κ3) is 26.8. The van der Waals surface area contributed by atoms with Gasteiger partial charge in [0.2, 0.25) is 0 Å². The van der Waals surface area contributed by atoms with E-state index in [2.05, 4.69) is 65.8 Å². The lowest BCUT2D eigenvalue weighted by Gasteiger charge is -2.22. The highest BCUT2D eigenvalue weighted by Gasteiger charge is 2.25. The predicted molar refractivity (Wildman–Crippen MR) is 288 cm³/mol. The standard InChI is InChI=1S/C13H18.3C10H18O.2C10H20/c1-10(2)7-11-8-12-5-3-4-6-13(12)9-11;3*1-8(2)10(11)9-6-4-3-5-7-9;2*1-9(2)8-10-6-4-3-5-7-10/h3-6,10-11H,7-9H2,1-2H3;3*8-9H,3-7H2,1-2H3;2*9-10H,3-8H2,1-2H3. The molecule has 1 aromatic carbocycles. The van der Waals surface area contributed by atoms with Gasteiger partial charge < -0.3 is 0 Å². The van der Waals surface area contributed by atoms with E-state index in [-0.39, 0.29) is 17.8 Å². The molecule has 6 aliphatic rings. The first-order valence-electron chi connectivity index (χ1n) is 29.2. The molecule has 0 aliphatic heterocycles. The Morgan fingerprint density at radius 2 is 0.576 bits per heavy atom. The van der Waals surface area contributed by atoms with Crippen LogP contribution in [0.15, 0.2) is 24.3 Å². The van der Waals surface area contributed by atoms with Crippen LogP contribution in [0.3, 0.4) is 0 Å². The Kier molecular flexibility index (Phi) is 32.3. The van der Waals surface area contributed by atoms with Gasteiger partial charge in [-0.15, -0.1) is 0 Å². The molecule has 0 bridgehead atoms. The quantitative estimate of drug-likeness (QED) is 0.210. The van der Waals surface area contributed by atoms with Gasteiger partial charge in [0.05, 0.1) is 0 Å². The summed E-state index contributed by atoms with van der Waals surface area (Å²) in [5.41, 5.74) is 3.18. The van der Waals surface area contributed by atoms with Crippen molar-refractivity contribution in [2.75, 3.05) is 0 Å². The van der Waals surface area contributed by atoms with Gasteiger partial charge in [-0.1, -0.05) is 229 Å². The molecule has 0 amide bonds. The highest BCUT2D eigenvalue weighted by molar-refractivity contribution is 5.83. The summed E-state index contributed by atoms with van der Waals surface area (Å²) in [6.45, 7) is 26.1. The predicted octanol–water partition coefficient (Wildman–Crippen LogP) is 19.0. The molecular formula is C63H112O3. The fraction of sp³-hybridized carbons (Fsp3) is 0.857. The minimum Gasteiger partial charge on any atom is -0.299 e. The van der Waals surface area contributed by atoms with E-state index in [9.17, 15) is 14.4 Å². The van der Waals surface area contributed by atoms with Gasteiger partial charge in [0.25, 0.3) is 0 Å². The monoisotopic (exact) mass is 917 g/mol. The molecule has 6 aliphatic carbocycles. The van der Waals surface area contributed by atoms with E-state index in [0.29, 0.717) is 35.1 Å². The minimum atomic E-state index is 0.248.